The van der Waals surface area contributed by atoms with Crippen LogP contribution in [-0.4, -0.2) is 27.5 Å². The van der Waals surface area contributed by atoms with Crippen LogP contribution in [0.15, 0.2) is 47.4 Å². The maximum absolute atomic E-state index is 12.8. The van der Waals surface area contributed by atoms with E-state index in [1.807, 2.05) is 13.8 Å². The summed E-state index contributed by atoms with van der Waals surface area (Å²) >= 11 is 0. The van der Waals surface area contributed by atoms with Crippen LogP contribution in [0.1, 0.15) is 42.6 Å². The number of hydrogen-bond donors (Lipinski definition) is 2. The van der Waals surface area contributed by atoms with Crippen molar-refractivity contribution >= 4 is 21.6 Å². The predicted molar refractivity (Wildman–Crippen MR) is 107 cm³/mol. The first-order valence-corrected chi connectivity index (χ1v) is 10.4. The van der Waals surface area contributed by atoms with Crippen molar-refractivity contribution in [1.29, 1.82) is 0 Å². The van der Waals surface area contributed by atoms with Gasteiger partial charge < -0.3 is 10.1 Å². The first-order chi connectivity index (χ1) is 12.8. The van der Waals surface area contributed by atoms with E-state index in [9.17, 15) is 13.2 Å². The molecule has 6 nitrogen and oxygen atoms in total. The van der Waals surface area contributed by atoms with Crippen LogP contribution in [0.5, 0.6) is 5.75 Å². The molecule has 0 atom stereocenters. The number of benzene rings is 2. The second-order valence-corrected chi connectivity index (χ2v) is 7.95. The summed E-state index contributed by atoms with van der Waals surface area (Å²) in [5.41, 5.74) is 1.31. The molecular formula is C20H26N2O4S. The minimum absolute atomic E-state index is 0.0660. The van der Waals surface area contributed by atoms with Crippen LogP contribution in [0, 0.1) is 6.92 Å². The number of rotatable bonds is 8. The van der Waals surface area contributed by atoms with Crippen molar-refractivity contribution in [3.63, 3.8) is 0 Å². The minimum Gasteiger partial charge on any atom is -0.497 e. The zero-order chi connectivity index (χ0) is 20.0. The molecule has 0 saturated carbocycles. The van der Waals surface area contributed by atoms with E-state index in [1.165, 1.54) is 6.07 Å². The van der Waals surface area contributed by atoms with Crippen molar-refractivity contribution in [1.82, 2.24) is 5.32 Å². The van der Waals surface area contributed by atoms with Gasteiger partial charge in [0.2, 0.25) is 0 Å². The SMILES string of the molecule is CCC(CC)NC(=O)c1ccc(C)c(S(=O)(=O)Nc2ccc(OC)cc2)c1. The second-order valence-electron chi connectivity index (χ2n) is 6.30. The molecule has 2 aromatic carbocycles. The number of anilines is 1. The van der Waals surface area contributed by atoms with Crippen LogP contribution in [0.2, 0.25) is 0 Å². The zero-order valence-corrected chi connectivity index (χ0v) is 16.9. The Hall–Kier alpha value is -2.54. The van der Waals surface area contributed by atoms with Gasteiger partial charge in [-0.1, -0.05) is 19.9 Å². The molecule has 0 aliphatic rings. The predicted octanol–water partition coefficient (Wildman–Crippen LogP) is 3.72. The molecule has 2 aromatic rings. The molecule has 0 aliphatic carbocycles. The highest BCUT2D eigenvalue weighted by molar-refractivity contribution is 7.92. The number of aryl methyl sites for hydroxylation is 1. The summed E-state index contributed by atoms with van der Waals surface area (Å²) in [6.07, 6.45) is 1.64. The summed E-state index contributed by atoms with van der Waals surface area (Å²) in [6, 6.07) is 11.3. The molecule has 0 radical (unpaired) electrons. The average molecular weight is 391 g/mol. The molecule has 0 bridgehead atoms. The molecule has 0 aromatic heterocycles. The van der Waals surface area contributed by atoms with Gasteiger partial charge in [0.05, 0.1) is 12.0 Å². The molecule has 1 amide bonds. The molecule has 0 aliphatic heterocycles. The second kappa shape index (κ2) is 8.90. The van der Waals surface area contributed by atoms with Crippen LogP contribution in [0.3, 0.4) is 0 Å². The fraction of sp³-hybridized carbons (Fsp3) is 0.350. The highest BCUT2D eigenvalue weighted by atomic mass is 32.2. The molecule has 2 rings (SSSR count). The van der Waals surface area contributed by atoms with E-state index in [-0.39, 0.29) is 16.8 Å². The van der Waals surface area contributed by atoms with Crippen molar-refractivity contribution in [2.75, 3.05) is 11.8 Å². The summed E-state index contributed by atoms with van der Waals surface area (Å²) in [5.74, 6) is 0.360. The van der Waals surface area contributed by atoms with Gasteiger partial charge in [0.15, 0.2) is 0 Å². The Bertz CT molecular complexity index is 889. The summed E-state index contributed by atoms with van der Waals surface area (Å²) < 4.78 is 33.2. The molecule has 7 heteroatoms. The number of nitrogens with one attached hydrogen (secondary N) is 2. The topological polar surface area (TPSA) is 84.5 Å². The fourth-order valence-corrected chi connectivity index (χ4v) is 3.99. The average Bonchev–Trinajstić information content (AvgIpc) is 2.66. The Balaban J connectivity index is 2.28. The number of amides is 1. The van der Waals surface area contributed by atoms with Crippen LogP contribution in [0.25, 0.3) is 0 Å². The standard InChI is InChI=1S/C20H26N2O4S/c1-5-16(6-2)21-20(23)15-8-7-14(3)19(13-15)27(24,25)22-17-9-11-18(26-4)12-10-17/h7-13,16,22H,5-6H2,1-4H3,(H,21,23). The lowest BCUT2D eigenvalue weighted by Gasteiger charge is -2.16. The van der Waals surface area contributed by atoms with Gasteiger partial charge in [0.25, 0.3) is 15.9 Å². The largest absolute Gasteiger partial charge is 0.497 e. The molecule has 2 N–H and O–H groups in total. The smallest absolute Gasteiger partial charge is 0.262 e. The number of carbonyl (C=O) groups excluding carboxylic acids is 1. The summed E-state index contributed by atoms with van der Waals surface area (Å²) in [4.78, 5) is 12.5. The van der Waals surface area contributed by atoms with Gasteiger partial charge in [-0.3, -0.25) is 9.52 Å². The van der Waals surface area contributed by atoms with E-state index in [4.69, 9.17) is 4.74 Å². The maximum Gasteiger partial charge on any atom is 0.262 e. The Morgan fingerprint density at radius 3 is 2.26 bits per heavy atom. The Morgan fingerprint density at radius 1 is 1.07 bits per heavy atom. The maximum atomic E-state index is 12.8. The zero-order valence-electron chi connectivity index (χ0n) is 16.1. The van der Waals surface area contributed by atoms with Crippen LogP contribution in [-0.2, 0) is 10.0 Å². The van der Waals surface area contributed by atoms with Gasteiger partial charge in [0.1, 0.15) is 5.75 Å². The minimum atomic E-state index is -3.83. The molecule has 0 fully saturated rings. The lowest BCUT2D eigenvalue weighted by molar-refractivity contribution is 0.0934. The van der Waals surface area contributed by atoms with Crippen molar-refractivity contribution < 1.29 is 17.9 Å². The van der Waals surface area contributed by atoms with Gasteiger partial charge in [-0.05, 0) is 61.7 Å². The lowest BCUT2D eigenvalue weighted by atomic mass is 10.1. The Morgan fingerprint density at radius 2 is 1.70 bits per heavy atom. The lowest BCUT2D eigenvalue weighted by Crippen LogP contribution is -2.34. The highest BCUT2D eigenvalue weighted by Gasteiger charge is 2.20. The molecule has 146 valence electrons. The number of methoxy groups -OCH3 is 1. The Labute approximate surface area is 161 Å². The molecule has 27 heavy (non-hydrogen) atoms. The van der Waals surface area contributed by atoms with Gasteiger partial charge in [-0.2, -0.15) is 0 Å². The number of sulfonamides is 1. The first kappa shape index (κ1) is 20.8. The number of carbonyl (C=O) groups is 1. The Kier molecular flexibility index (Phi) is 6.85. The van der Waals surface area contributed by atoms with E-state index in [0.29, 0.717) is 22.6 Å². The van der Waals surface area contributed by atoms with Crippen molar-refractivity contribution in [2.24, 2.45) is 0 Å². The number of hydrogen-bond acceptors (Lipinski definition) is 4. The molecule has 0 heterocycles. The van der Waals surface area contributed by atoms with Gasteiger partial charge >= 0.3 is 0 Å². The van der Waals surface area contributed by atoms with Crippen molar-refractivity contribution in [3.8, 4) is 5.75 Å². The van der Waals surface area contributed by atoms with Crippen molar-refractivity contribution in [2.45, 2.75) is 44.6 Å². The van der Waals surface area contributed by atoms with Gasteiger partial charge in [-0.15, -0.1) is 0 Å². The summed E-state index contributed by atoms with van der Waals surface area (Å²) in [7, 11) is -2.29. The third-order valence-electron chi connectivity index (χ3n) is 4.40. The van der Waals surface area contributed by atoms with Crippen LogP contribution < -0.4 is 14.8 Å². The number of ether oxygens (including phenoxy) is 1. The third kappa shape index (κ3) is 5.23. The van der Waals surface area contributed by atoms with E-state index < -0.39 is 10.0 Å². The first-order valence-electron chi connectivity index (χ1n) is 8.89. The van der Waals surface area contributed by atoms with E-state index in [1.54, 1.807) is 50.4 Å². The summed E-state index contributed by atoms with van der Waals surface area (Å²) in [5, 5.41) is 2.93. The molecule has 0 saturated heterocycles. The quantitative estimate of drug-likeness (QED) is 0.719. The van der Waals surface area contributed by atoms with E-state index in [0.717, 1.165) is 12.8 Å². The summed E-state index contributed by atoms with van der Waals surface area (Å²) in [6.45, 7) is 5.70. The van der Waals surface area contributed by atoms with Gasteiger partial charge in [0, 0.05) is 17.3 Å². The normalized spacial score (nSPS) is 11.3. The van der Waals surface area contributed by atoms with Crippen LogP contribution in [0.4, 0.5) is 5.69 Å². The van der Waals surface area contributed by atoms with Crippen LogP contribution >= 0.6 is 0 Å². The van der Waals surface area contributed by atoms with Gasteiger partial charge in [-0.25, -0.2) is 8.42 Å². The highest BCUT2D eigenvalue weighted by Crippen LogP contribution is 2.22. The molecule has 0 spiro atoms. The molecular weight excluding hydrogens is 364 g/mol. The van der Waals surface area contributed by atoms with E-state index >= 15 is 0 Å². The van der Waals surface area contributed by atoms with E-state index in [2.05, 4.69) is 10.0 Å². The third-order valence-corrected chi connectivity index (χ3v) is 5.93. The fourth-order valence-electron chi connectivity index (χ4n) is 2.66. The monoisotopic (exact) mass is 390 g/mol. The molecule has 0 unspecified atom stereocenters. The van der Waals surface area contributed by atoms with Crippen molar-refractivity contribution in [3.05, 3.63) is 53.6 Å².